The number of piperidine rings is 1. The van der Waals surface area contributed by atoms with Gasteiger partial charge in [-0.2, -0.15) is 5.10 Å². The van der Waals surface area contributed by atoms with Crippen molar-refractivity contribution < 1.29 is 14.3 Å². The molecule has 7 heteroatoms. The Kier molecular flexibility index (Phi) is 5.13. The summed E-state index contributed by atoms with van der Waals surface area (Å²) in [5.74, 6) is 0.361. The highest BCUT2D eigenvalue weighted by Crippen LogP contribution is 2.32. The van der Waals surface area contributed by atoms with Gasteiger partial charge in [0.25, 0.3) is 5.91 Å². The van der Waals surface area contributed by atoms with Crippen LogP contribution in [0.25, 0.3) is 0 Å². The summed E-state index contributed by atoms with van der Waals surface area (Å²) in [6.45, 7) is 5.60. The number of hydrogen-bond donors (Lipinski definition) is 1. The molecular formula is C18H28N4O3. The van der Waals surface area contributed by atoms with Crippen molar-refractivity contribution in [2.24, 2.45) is 18.7 Å². The zero-order valence-corrected chi connectivity index (χ0v) is 15.3. The van der Waals surface area contributed by atoms with Gasteiger partial charge in [-0.3, -0.25) is 14.3 Å². The normalized spacial score (nSPS) is 24.9. The number of likely N-dealkylation sites (tertiary alicyclic amines) is 1. The van der Waals surface area contributed by atoms with Gasteiger partial charge in [-0.1, -0.05) is 13.8 Å². The van der Waals surface area contributed by atoms with Gasteiger partial charge in [-0.25, -0.2) is 0 Å². The number of primary amides is 1. The summed E-state index contributed by atoms with van der Waals surface area (Å²) in [6, 6.07) is 1.90. The zero-order valence-electron chi connectivity index (χ0n) is 15.3. The quantitative estimate of drug-likeness (QED) is 0.891. The van der Waals surface area contributed by atoms with Crippen LogP contribution in [-0.4, -0.2) is 51.8 Å². The minimum atomic E-state index is -0.437. The van der Waals surface area contributed by atoms with Crippen LogP contribution in [-0.2, 0) is 16.6 Å². The van der Waals surface area contributed by atoms with Crippen LogP contribution in [0, 0.1) is 5.92 Å². The van der Waals surface area contributed by atoms with Gasteiger partial charge in [0.05, 0.1) is 6.10 Å². The Balaban J connectivity index is 1.56. The van der Waals surface area contributed by atoms with Crippen LogP contribution < -0.4 is 5.73 Å². The Morgan fingerprint density at radius 2 is 1.92 bits per heavy atom. The van der Waals surface area contributed by atoms with Gasteiger partial charge in [0.15, 0.2) is 5.69 Å². The molecule has 0 spiro atoms. The molecule has 1 aromatic heterocycles. The number of aryl methyl sites for hydroxylation is 1. The van der Waals surface area contributed by atoms with Crippen LogP contribution in [0.4, 0.5) is 0 Å². The SMILES string of the molecule is CC(C)c1cc(C(=O)N2CCC([C@@H]3CC[C@H](C(N)=O)O3)CC2)nn1C. The van der Waals surface area contributed by atoms with E-state index in [0.717, 1.165) is 25.0 Å². The Morgan fingerprint density at radius 1 is 1.24 bits per heavy atom. The van der Waals surface area contributed by atoms with Crippen molar-refractivity contribution in [2.75, 3.05) is 13.1 Å². The Bertz CT molecular complexity index is 647. The molecule has 7 nitrogen and oxygen atoms in total. The highest BCUT2D eigenvalue weighted by molar-refractivity contribution is 5.92. The van der Waals surface area contributed by atoms with Crippen molar-refractivity contribution in [2.45, 2.75) is 57.7 Å². The third-order valence-electron chi connectivity index (χ3n) is 5.45. The van der Waals surface area contributed by atoms with Crippen LogP contribution in [0.1, 0.15) is 61.6 Å². The molecule has 0 unspecified atom stereocenters. The summed E-state index contributed by atoms with van der Waals surface area (Å²) >= 11 is 0. The van der Waals surface area contributed by atoms with Gasteiger partial charge >= 0.3 is 0 Å². The second kappa shape index (κ2) is 7.15. The number of carbonyl (C=O) groups is 2. The van der Waals surface area contributed by atoms with Gasteiger partial charge in [-0.15, -0.1) is 0 Å². The number of nitrogens with zero attached hydrogens (tertiary/aromatic N) is 3. The van der Waals surface area contributed by atoms with E-state index in [1.165, 1.54) is 0 Å². The van der Waals surface area contributed by atoms with E-state index in [9.17, 15) is 9.59 Å². The number of ether oxygens (including phenoxy) is 1. The van der Waals surface area contributed by atoms with Gasteiger partial charge < -0.3 is 15.4 Å². The molecule has 2 fully saturated rings. The first-order valence-electron chi connectivity index (χ1n) is 9.14. The summed E-state index contributed by atoms with van der Waals surface area (Å²) < 4.78 is 7.59. The number of amides is 2. The van der Waals surface area contributed by atoms with E-state index >= 15 is 0 Å². The van der Waals surface area contributed by atoms with E-state index in [0.29, 0.717) is 37.0 Å². The molecular weight excluding hydrogens is 320 g/mol. The molecule has 2 aliphatic heterocycles. The largest absolute Gasteiger partial charge is 0.367 e. The minimum Gasteiger partial charge on any atom is -0.367 e. The van der Waals surface area contributed by atoms with Gasteiger partial charge in [0.2, 0.25) is 5.91 Å². The first-order valence-corrected chi connectivity index (χ1v) is 9.14. The van der Waals surface area contributed by atoms with E-state index in [-0.39, 0.29) is 17.9 Å². The van der Waals surface area contributed by atoms with Crippen LogP contribution >= 0.6 is 0 Å². The Morgan fingerprint density at radius 3 is 2.44 bits per heavy atom. The highest BCUT2D eigenvalue weighted by atomic mass is 16.5. The van der Waals surface area contributed by atoms with Crippen LogP contribution in [0.15, 0.2) is 6.07 Å². The van der Waals surface area contributed by atoms with E-state index in [1.54, 1.807) is 4.68 Å². The summed E-state index contributed by atoms with van der Waals surface area (Å²) in [7, 11) is 1.88. The van der Waals surface area contributed by atoms with Gasteiger partial charge in [0.1, 0.15) is 6.10 Å². The molecule has 2 saturated heterocycles. The Labute approximate surface area is 148 Å². The topological polar surface area (TPSA) is 90.4 Å². The van der Waals surface area contributed by atoms with Crippen LogP contribution in [0.3, 0.4) is 0 Å². The van der Waals surface area contributed by atoms with Crippen LogP contribution in [0.5, 0.6) is 0 Å². The van der Waals surface area contributed by atoms with E-state index in [2.05, 4.69) is 18.9 Å². The van der Waals surface area contributed by atoms with Crippen molar-refractivity contribution in [3.05, 3.63) is 17.5 Å². The predicted molar refractivity (Wildman–Crippen MR) is 93.0 cm³/mol. The Hall–Kier alpha value is -1.89. The summed E-state index contributed by atoms with van der Waals surface area (Å²) in [5.41, 5.74) is 6.91. The molecule has 2 N–H and O–H groups in total. The first-order chi connectivity index (χ1) is 11.9. The lowest BCUT2D eigenvalue weighted by Gasteiger charge is -2.34. The fourth-order valence-electron chi connectivity index (χ4n) is 3.98. The molecule has 3 heterocycles. The maximum Gasteiger partial charge on any atom is 0.274 e. The molecule has 3 rings (SSSR count). The third-order valence-corrected chi connectivity index (χ3v) is 5.45. The van der Waals surface area contributed by atoms with Crippen molar-refractivity contribution in [1.29, 1.82) is 0 Å². The molecule has 0 saturated carbocycles. The number of carbonyl (C=O) groups excluding carboxylic acids is 2. The average Bonchev–Trinajstić information content (AvgIpc) is 3.21. The number of nitrogens with two attached hydrogens (primary N) is 1. The number of rotatable bonds is 4. The number of hydrogen-bond acceptors (Lipinski definition) is 4. The molecule has 0 radical (unpaired) electrons. The first kappa shape index (κ1) is 17.9. The molecule has 25 heavy (non-hydrogen) atoms. The van der Waals surface area contributed by atoms with Crippen molar-refractivity contribution in [3.8, 4) is 0 Å². The summed E-state index contributed by atoms with van der Waals surface area (Å²) in [4.78, 5) is 25.8. The van der Waals surface area contributed by atoms with Crippen molar-refractivity contribution in [3.63, 3.8) is 0 Å². The molecule has 2 atom stereocenters. The van der Waals surface area contributed by atoms with E-state index in [1.807, 2.05) is 18.0 Å². The summed E-state index contributed by atoms with van der Waals surface area (Å²) in [6.07, 6.45) is 3.04. The van der Waals surface area contributed by atoms with Gasteiger partial charge in [-0.05, 0) is 43.6 Å². The lowest BCUT2D eigenvalue weighted by molar-refractivity contribution is -0.130. The molecule has 1 aromatic rings. The zero-order chi connectivity index (χ0) is 18.1. The molecule has 0 aromatic carbocycles. The van der Waals surface area contributed by atoms with Gasteiger partial charge in [0, 0.05) is 25.8 Å². The maximum absolute atomic E-state index is 12.7. The number of aromatic nitrogens is 2. The fourth-order valence-corrected chi connectivity index (χ4v) is 3.98. The molecule has 2 amide bonds. The van der Waals surface area contributed by atoms with E-state index < -0.39 is 6.10 Å². The van der Waals surface area contributed by atoms with Crippen molar-refractivity contribution in [1.82, 2.24) is 14.7 Å². The van der Waals surface area contributed by atoms with Crippen molar-refractivity contribution >= 4 is 11.8 Å². The second-order valence-electron chi connectivity index (χ2n) is 7.51. The molecule has 0 bridgehead atoms. The smallest absolute Gasteiger partial charge is 0.274 e. The maximum atomic E-state index is 12.7. The average molecular weight is 348 g/mol. The molecule has 0 aliphatic carbocycles. The summed E-state index contributed by atoms with van der Waals surface area (Å²) in [5, 5.41) is 4.38. The second-order valence-corrected chi connectivity index (χ2v) is 7.51. The lowest BCUT2D eigenvalue weighted by atomic mass is 9.89. The third kappa shape index (κ3) is 3.71. The monoisotopic (exact) mass is 348 g/mol. The lowest BCUT2D eigenvalue weighted by Crippen LogP contribution is -2.41. The van der Waals surface area contributed by atoms with Crippen LogP contribution in [0.2, 0.25) is 0 Å². The molecule has 2 aliphatic rings. The fraction of sp³-hybridized carbons (Fsp3) is 0.722. The molecule has 138 valence electrons. The standard InChI is InChI=1S/C18H28N4O3/c1-11(2)14-10-13(20-21(14)3)18(24)22-8-6-12(7-9-22)15-4-5-16(25-15)17(19)23/h10-12,15-16H,4-9H2,1-3H3,(H2,19,23)/t15-,16+/m0/s1. The predicted octanol–water partition coefficient (Wildman–Crippen LogP) is 1.43. The van der Waals surface area contributed by atoms with E-state index in [4.69, 9.17) is 10.5 Å². The highest BCUT2D eigenvalue weighted by Gasteiger charge is 2.36. The minimum absolute atomic E-state index is 0.00306.